The number of hydrogen-bond donors (Lipinski definition) is 0. The third-order valence-electron chi connectivity index (χ3n) is 2.47. The van der Waals surface area contributed by atoms with Gasteiger partial charge in [0, 0.05) is 22.1 Å². The van der Waals surface area contributed by atoms with Gasteiger partial charge >= 0.3 is 5.97 Å². The molecule has 0 fully saturated rings. The van der Waals surface area contributed by atoms with Crippen molar-refractivity contribution in [2.75, 3.05) is 7.11 Å². The summed E-state index contributed by atoms with van der Waals surface area (Å²) in [6.07, 6.45) is 1.59. The fraction of sp³-hybridized carbons (Fsp3) is 0.167. The van der Waals surface area contributed by atoms with E-state index in [0.29, 0.717) is 10.9 Å². The van der Waals surface area contributed by atoms with Crippen LogP contribution in [0.25, 0.3) is 10.9 Å². The van der Waals surface area contributed by atoms with Crippen molar-refractivity contribution in [1.29, 1.82) is 0 Å². The highest BCUT2D eigenvalue weighted by atomic mass is 79.9. The number of ether oxygens (including phenoxy) is 1. The van der Waals surface area contributed by atoms with E-state index in [2.05, 4.69) is 20.7 Å². The van der Waals surface area contributed by atoms with Crippen LogP contribution in [0, 0.1) is 0 Å². The van der Waals surface area contributed by atoms with Crippen LogP contribution in [0.15, 0.2) is 39.7 Å². The maximum Gasteiger partial charge on any atom is 0.325 e. The Morgan fingerprint density at radius 1 is 1.41 bits per heavy atom. The number of carbonyl (C=O) groups excluding carboxylic acids is 1. The van der Waals surface area contributed by atoms with Crippen molar-refractivity contribution in [3.05, 3.63) is 45.2 Å². The van der Waals surface area contributed by atoms with Gasteiger partial charge in [-0.25, -0.2) is 0 Å². The summed E-state index contributed by atoms with van der Waals surface area (Å²) in [5.74, 6) is -0.352. The van der Waals surface area contributed by atoms with E-state index in [4.69, 9.17) is 0 Å². The van der Waals surface area contributed by atoms with Gasteiger partial charge in [0.05, 0.1) is 12.6 Å². The number of benzene rings is 1. The highest BCUT2D eigenvalue weighted by molar-refractivity contribution is 9.10. The Balaban J connectivity index is 2.64. The molecule has 5 heteroatoms. The van der Waals surface area contributed by atoms with Gasteiger partial charge in [0.25, 0.3) is 0 Å². The van der Waals surface area contributed by atoms with Gasteiger partial charge in [0.15, 0.2) is 5.43 Å². The molecular weight excluding hydrogens is 286 g/mol. The van der Waals surface area contributed by atoms with Crippen LogP contribution in [-0.4, -0.2) is 17.6 Å². The maximum absolute atomic E-state index is 11.7. The highest BCUT2D eigenvalue weighted by Gasteiger charge is 2.07. The second kappa shape index (κ2) is 4.71. The quantitative estimate of drug-likeness (QED) is 0.796. The molecule has 1 aromatic carbocycles. The molecule has 0 aliphatic carbocycles. The normalized spacial score (nSPS) is 10.5. The number of fused-ring (bicyclic) bond motifs is 1. The second-order valence-electron chi connectivity index (χ2n) is 3.55. The van der Waals surface area contributed by atoms with Gasteiger partial charge in [-0.3, -0.25) is 9.59 Å². The fourth-order valence-corrected chi connectivity index (χ4v) is 1.97. The monoisotopic (exact) mass is 295 g/mol. The lowest BCUT2D eigenvalue weighted by Crippen LogP contribution is -2.15. The van der Waals surface area contributed by atoms with Gasteiger partial charge in [-0.15, -0.1) is 0 Å². The van der Waals surface area contributed by atoms with Crippen molar-refractivity contribution in [3.63, 3.8) is 0 Å². The lowest BCUT2D eigenvalue weighted by Gasteiger charge is -2.09. The molecule has 88 valence electrons. The van der Waals surface area contributed by atoms with Crippen LogP contribution in [-0.2, 0) is 16.1 Å². The van der Waals surface area contributed by atoms with E-state index < -0.39 is 0 Å². The van der Waals surface area contributed by atoms with Crippen molar-refractivity contribution in [1.82, 2.24) is 4.57 Å². The summed E-state index contributed by atoms with van der Waals surface area (Å²) in [4.78, 5) is 22.9. The Kier molecular flexibility index (Phi) is 3.28. The average molecular weight is 296 g/mol. The SMILES string of the molecule is COC(=O)Cn1ccc(=O)c2ccc(Br)cc21. The standard InChI is InChI=1S/C12H10BrNO3/c1-17-12(16)7-14-5-4-11(15)9-3-2-8(13)6-10(9)14/h2-6H,7H2,1H3. The molecule has 0 bridgehead atoms. The molecular formula is C12H10BrNO3. The summed E-state index contributed by atoms with van der Waals surface area (Å²) >= 11 is 3.34. The van der Waals surface area contributed by atoms with Crippen molar-refractivity contribution >= 4 is 32.8 Å². The topological polar surface area (TPSA) is 48.3 Å². The Labute approximate surface area is 106 Å². The molecule has 2 rings (SSSR count). The molecule has 0 N–H and O–H groups in total. The summed E-state index contributed by atoms with van der Waals surface area (Å²) < 4.78 is 7.16. The van der Waals surface area contributed by atoms with E-state index in [1.165, 1.54) is 13.2 Å². The van der Waals surface area contributed by atoms with Gasteiger partial charge in [-0.1, -0.05) is 15.9 Å². The van der Waals surface area contributed by atoms with Gasteiger partial charge < -0.3 is 9.30 Å². The predicted octanol–water partition coefficient (Wildman–Crippen LogP) is 1.94. The Bertz CT molecular complexity index is 633. The molecule has 0 amide bonds. The van der Waals surface area contributed by atoms with Crippen molar-refractivity contribution < 1.29 is 9.53 Å². The van der Waals surface area contributed by atoms with Crippen molar-refractivity contribution in [3.8, 4) is 0 Å². The molecule has 1 aromatic heterocycles. The van der Waals surface area contributed by atoms with Gasteiger partial charge in [0.2, 0.25) is 0 Å². The van der Waals surface area contributed by atoms with Crippen LogP contribution < -0.4 is 5.43 Å². The first-order valence-electron chi connectivity index (χ1n) is 4.97. The van der Waals surface area contributed by atoms with E-state index in [9.17, 15) is 9.59 Å². The maximum atomic E-state index is 11.7. The molecule has 0 atom stereocenters. The largest absolute Gasteiger partial charge is 0.468 e. The smallest absolute Gasteiger partial charge is 0.325 e. The number of halogens is 1. The molecule has 0 aliphatic heterocycles. The number of rotatable bonds is 2. The van der Waals surface area contributed by atoms with Crippen LogP contribution in [0.1, 0.15) is 0 Å². The third kappa shape index (κ3) is 2.39. The molecule has 1 heterocycles. The number of pyridine rings is 1. The minimum Gasteiger partial charge on any atom is -0.468 e. The van der Waals surface area contributed by atoms with Gasteiger partial charge in [0.1, 0.15) is 6.54 Å². The van der Waals surface area contributed by atoms with Crippen LogP contribution in [0.5, 0.6) is 0 Å². The Hall–Kier alpha value is -1.62. The summed E-state index contributed by atoms with van der Waals surface area (Å²) in [7, 11) is 1.34. The first kappa shape index (κ1) is 11.9. The summed E-state index contributed by atoms with van der Waals surface area (Å²) in [5.41, 5.74) is 0.644. The molecule has 0 saturated heterocycles. The number of nitrogens with zero attached hydrogens (tertiary/aromatic N) is 1. The Morgan fingerprint density at radius 2 is 2.18 bits per heavy atom. The lowest BCUT2D eigenvalue weighted by atomic mass is 10.2. The van der Waals surface area contributed by atoms with E-state index in [0.717, 1.165) is 4.47 Å². The van der Waals surface area contributed by atoms with E-state index in [1.807, 2.05) is 0 Å². The van der Waals surface area contributed by atoms with E-state index in [1.54, 1.807) is 29.0 Å². The van der Waals surface area contributed by atoms with E-state index >= 15 is 0 Å². The van der Waals surface area contributed by atoms with Crippen LogP contribution in [0.3, 0.4) is 0 Å². The number of esters is 1. The second-order valence-corrected chi connectivity index (χ2v) is 4.46. The minimum absolute atomic E-state index is 0.0615. The summed E-state index contributed by atoms with van der Waals surface area (Å²) in [6.45, 7) is 0.0870. The number of methoxy groups -OCH3 is 1. The summed E-state index contributed by atoms with van der Waals surface area (Å²) in [6, 6.07) is 6.78. The van der Waals surface area contributed by atoms with Crippen LogP contribution >= 0.6 is 15.9 Å². The average Bonchev–Trinajstić information content (AvgIpc) is 2.32. The zero-order valence-corrected chi connectivity index (χ0v) is 10.7. The number of aromatic nitrogens is 1. The van der Waals surface area contributed by atoms with Crippen LogP contribution in [0.2, 0.25) is 0 Å². The number of carbonyl (C=O) groups is 1. The molecule has 0 saturated carbocycles. The number of hydrogen-bond acceptors (Lipinski definition) is 3. The fourth-order valence-electron chi connectivity index (χ4n) is 1.62. The van der Waals surface area contributed by atoms with Crippen LogP contribution in [0.4, 0.5) is 0 Å². The lowest BCUT2D eigenvalue weighted by molar-refractivity contribution is -0.141. The third-order valence-corrected chi connectivity index (χ3v) is 2.96. The molecule has 2 aromatic rings. The molecule has 0 aliphatic rings. The van der Waals surface area contributed by atoms with Gasteiger partial charge in [-0.2, -0.15) is 0 Å². The van der Waals surface area contributed by atoms with E-state index in [-0.39, 0.29) is 17.9 Å². The summed E-state index contributed by atoms with van der Waals surface area (Å²) in [5, 5.41) is 0.583. The first-order valence-corrected chi connectivity index (χ1v) is 5.76. The van der Waals surface area contributed by atoms with Gasteiger partial charge in [-0.05, 0) is 18.2 Å². The first-order chi connectivity index (χ1) is 8.11. The Morgan fingerprint density at radius 3 is 2.88 bits per heavy atom. The van der Waals surface area contributed by atoms with Crippen molar-refractivity contribution in [2.24, 2.45) is 0 Å². The molecule has 4 nitrogen and oxygen atoms in total. The zero-order valence-electron chi connectivity index (χ0n) is 9.14. The zero-order chi connectivity index (χ0) is 12.4. The predicted molar refractivity (Wildman–Crippen MR) is 67.9 cm³/mol. The van der Waals surface area contributed by atoms with Crippen molar-refractivity contribution in [2.45, 2.75) is 6.54 Å². The molecule has 0 spiro atoms. The minimum atomic E-state index is -0.352. The molecule has 0 unspecified atom stereocenters. The highest BCUT2D eigenvalue weighted by Crippen LogP contribution is 2.17. The molecule has 17 heavy (non-hydrogen) atoms. The molecule has 0 radical (unpaired) electrons.